The number of rotatable bonds is 4. The van der Waals surface area contributed by atoms with Gasteiger partial charge in [0, 0.05) is 19.0 Å². The topological polar surface area (TPSA) is 78.9 Å². The molecule has 0 saturated heterocycles. The SMILES string of the molecule is CCCC(=O)N(C)c1ccccc1C(N)=NO. The molecule has 17 heavy (non-hydrogen) atoms. The highest BCUT2D eigenvalue weighted by Crippen LogP contribution is 2.19. The van der Waals surface area contributed by atoms with Gasteiger partial charge >= 0.3 is 0 Å². The molecule has 0 aliphatic carbocycles. The summed E-state index contributed by atoms with van der Waals surface area (Å²) in [6.07, 6.45) is 1.26. The molecule has 0 atom stereocenters. The van der Waals surface area contributed by atoms with Crippen molar-refractivity contribution in [2.75, 3.05) is 11.9 Å². The van der Waals surface area contributed by atoms with Crippen LogP contribution in [0.2, 0.25) is 0 Å². The summed E-state index contributed by atoms with van der Waals surface area (Å²) in [4.78, 5) is 13.3. The van der Waals surface area contributed by atoms with Crippen LogP contribution < -0.4 is 10.6 Å². The quantitative estimate of drug-likeness (QED) is 0.359. The summed E-state index contributed by atoms with van der Waals surface area (Å²) in [7, 11) is 1.68. The molecular formula is C12H17N3O2. The van der Waals surface area contributed by atoms with Crippen LogP contribution in [0.25, 0.3) is 0 Å². The van der Waals surface area contributed by atoms with Gasteiger partial charge in [-0.3, -0.25) is 4.79 Å². The summed E-state index contributed by atoms with van der Waals surface area (Å²) >= 11 is 0. The Labute approximate surface area is 101 Å². The van der Waals surface area contributed by atoms with Crippen molar-refractivity contribution in [2.45, 2.75) is 19.8 Å². The second kappa shape index (κ2) is 5.89. The van der Waals surface area contributed by atoms with Crippen LogP contribution >= 0.6 is 0 Å². The minimum absolute atomic E-state index is 0.00301. The van der Waals surface area contributed by atoms with Crippen molar-refractivity contribution in [1.29, 1.82) is 0 Å². The van der Waals surface area contributed by atoms with E-state index in [9.17, 15) is 4.79 Å². The van der Waals surface area contributed by atoms with Crippen molar-refractivity contribution in [3.63, 3.8) is 0 Å². The largest absolute Gasteiger partial charge is 0.409 e. The predicted octanol–water partition coefficient (Wildman–Crippen LogP) is 1.54. The lowest BCUT2D eigenvalue weighted by Crippen LogP contribution is -2.28. The Bertz CT molecular complexity index is 430. The minimum atomic E-state index is -0.00301. The van der Waals surface area contributed by atoms with E-state index in [2.05, 4.69) is 5.16 Å². The first-order valence-electron chi connectivity index (χ1n) is 5.45. The van der Waals surface area contributed by atoms with Gasteiger partial charge in [0.2, 0.25) is 5.91 Å². The summed E-state index contributed by atoms with van der Waals surface area (Å²) in [5.41, 5.74) is 6.75. The number of nitrogens with zero attached hydrogens (tertiary/aromatic N) is 2. The van der Waals surface area contributed by atoms with Gasteiger partial charge in [-0.25, -0.2) is 0 Å². The molecule has 0 aliphatic rings. The number of hydrogen-bond donors (Lipinski definition) is 2. The van der Waals surface area contributed by atoms with E-state index in [1.165, 1.54) is 4.90 Å². The molecule has 1 amide bonds. The first-order valence-corrected chi connectivity index (χ1v) is 5.45. The Balaban J connectivity index is 3.09. The summed E-state index contributed by atoms with van der Waals surface area (Å²) in [5.74, 6) is 0.00226. The van der Waals surface area contributed by atoms with Crippen LogP contribution in [0, 0.1) is 0 Å². The highest BCUT2D eigenvalue weighted by molar-refractivity contribution is 6.06. The van der Waals surface area contributed by atoms with Crippen LogP contribution in [-0.2, 0) is 4.79 Å². The van der Waals surface area contributed by atoms with Crippen molar-refractivity contribution in [3.05, 3.63) is 29.8 Å². The number of carbonyl (C=O) groups excluding carboxylic acids is 1. The van der Waals surface area contributed by atoms with Gasteiger partial charge in [0.15, 0.2) is 5.84 Å². The molecule has 0 aliphatic heterocycles. The van der Waals surface area contributed by atoms with Crippen molar-refractivity contribution in [2.24, 2.45) is 10.9 Å². The van der Waals surface area contributed by atoms with E-state index in [0.29, 0.717) is 17.7 Å². The highest BCUT2D eigenvalue weighted by Gasteiger charge is 2.15. The fourth-order valence-electron chi connectivity index (χ4n) is 1.55. The zero-order valence-corrected chi connectivity index (χ0v) is 10.1. The molecule has 92 valence electrons. The molecule has 1 aromatic carbocycles. The lowest BCUT2D eigenvalue weighted by Gasteiger charge is -2.19. The lowest BCUT2D eigenvalue weighted by atomic mass is 10.1. The number of benzene rings is 1. The first-order chi connectivity index (χ1) is 8.11. The smallest absolute Gasteiger partial charge is 0.226 e. The van der Waals surface area contributed by atoms with Crippen LogP contribution in [0.1, 0.15) is 25.3 Å². The Morgan fingerprint density at radius 3 is 2.71 bits per heavy atom. The summed E-state index contributed by atoms with van der Waals surface area (Å²) in [6, 6.07) is 7.05. The number of anilines is 1. The molecule has 1 aromatic rings. The van der Waals surface area contributed by atoms with Crippen LogP contribution in [0.15, 0.2) is 29.4 Å². The molecule has 0 bridgehead atoms. The summed E-state index contributed by atoms with van der Waals surface area (Å²) in [5, 5.41) is 11.7. The normalized spacial score (nSPS) is 11.3. The van der Waals surface area contributed by atoms with Gasteiger partial charge < -0.3 is 15.8 Å². The Morgan fingerprint density at radius 1 is 1.47 bits per heavy atom. The zero-order chi connectivity index (χ0) is 12.8. The van der Waals surface area contributed by atoms with E-state index in [-0.39, 0.29) is 11.7 Å². The molecular weight excluding hydrogens is 218 g/mol. The number of para-hydroxylation sites is 1. The van der Waals surface area contributed by atoms with E-state index in [1.54, 1.807) is 31.3 Å². The van der Waals surface area contributed by atoms with Crippen molar-refractivity contribution in [3.8, 4) is 0 Å². The van der Waals surface area contributed by atoms with Crippen LogP contribution in [-0.4, -0.2) is 24.0 Å². The Kier molecular flexibility index (Phi) is 4.51. The fourth-order valence-corrected chi connectivity index (χ4v) is 1.55. The molecule has 0 heterocycles. The summed E-state index contributed by atoms with van der Waals surface area (Å²) in [6.45, 7) is 1.95. The third-order valence-electron chi connectivity index (χ3n) is 2.49. The molecule has 0 spiro atoms. The van der Waals surface area contributed by atoms with E-state index in [0.717, 1.165) is 6.42 Å². The van der Waals surface area contributed by atoms with Gasteiger partial charge in [0.1, 0.15) is 0 Å². The predicted molar refractivity (Wildman–Crippen MR) is 67.3 cm³/mol. The van der Waals surface area contributed by atoms with Crippen LogP contribution in [0.4, 0.5) is 5.69 Å². The number of nitrogens with two attached hydrogens (primary N) is 1. The van der Waals surface area contributed by atoms with Crippen molar-refractivity contribution < 1.29 is 10.0 Å². The van der Waals surface area contributed by atoms with E-state index in [1.807, 2.05) is 6.92 Å². The van der Waals surface area contributed by atoms with Gasteiger partial charge in [-0.1, -0.05) is 24.2 Å². The molecule has 3 N–H and O–H groups in total. The first kappa shape index (κ1) is 13.0. The molecule has 0 saturated carbocycles. The third-order valence-corrected chi connectivity index (χ3v) is 2.49. The molecule has 5 nitrogen and oxygen atoms in total. The van der Waals surface area contributed by atoms with E-state index < -0.39 is 0 Å². The third kappa shape index (κ3) is 2.96. The van der Waals surface area contributed by atoms with E-state index in [4.69, 9.17) is 10.9 Å². The van der Waals surface area contributed by atoms with E-state index >= 15 is 0 Å². The fraction of sp³-hybridized carbons (Fsp3) is 0.333. The molecule has 0 fully saturated rings. The number of carbonyl (C=O) groups is 1. The van der Waals surface area contributed by atoms with Gasteiger partial charge in [-0.2, -0.15) is 0 Å². The average Bonchev–Trinajstić information content (AvgIpc) is 2.37. The van der Waals surface area contributed by atoms with Crippen LogP contribution in [0.3, 0.4) is 0 Å². The number of amidine groups is 1. The lowest BCUT2D eigenvalue weighted by molar-refractivity contribution is -0.118. The van der Waals surface area contributed by atoms with Gasteiger partial charge in [-0.15, -0.1) is 0 Å². The average molecular weight is 235 g/mol. The van der Waals surface area contributed by atoms with Crippen molar-refractivity contribution in [1.82, 2.24) is 0 Å². The monoisotopic (exact) mass is 235 g/mol. The maximum absolute atomic E-state index is 11.8. The van der Waals surface area contributed by atoms with Crippen LogP contribution in [0.5, 0.6) is 0 Å². The molecule has 0 radical (unpaired) electrons. The Morgan fingerprint density at radius 2 is 2.12 bits per heavy atom. The van der Waals surface area contributed by atoms with Crippen molar-refractivity contribution >= 4 is 17.4 Å². The summed E-state index contributed by atoms with van der Waals surface area (Å²) < 4.78 is 0. The Hall–Kier alpha value is -2.04. The maximum atomic E-state index is 11.8. The second-order valence-electron chi connectivity index (χ2n) is 3.71. The minimum Gasteiger partial charge on any atom is -0.409 e. The number of hydrogen-bond acceptors (Lipinski definition) is 3. The van der Waals surface area contributed by atoms with Gasteiger partial charge in [0.25, 0.3) is 0 Å². The number of amides is 1. The molecule has 0 unspecified atom stereocenters. The standard InChI is InChI=1S/C12H17N3O2/c1-3-6-11(16)15(2)10-8-5-4-7-9(10)12(13)14-17/h4-5,7-8,17H,3,6H2,1-2H3,(H2,13,14). The number of oxime groups is 1. The second-order valence-corrected chi connectivity index (χ2v) is 3.71. The van der Waals surface area contributed by atoms with Gasteiger partial charge in [-0.05, 0) is 18.6 Å². The zero-order valence-electron chi connectivity index (χ0n) is 10.1. The maximum Gasteiger partial charge on any atom is 0.226 e. The molecule has 5 heteroatoms. The highest BCUT2D eigenvalue weighted by atomic mass is 16.4. The van der Waals surface area contributed by atoms with Gasteiger partial charge in [0.05, 0.1) is 5.69 Å². The molecule has 0 aromatic heterocycles. The molecule has 1 rings (SSSR count).